The third-order valence-corrected chi connectivity index (χ3v) is 6.28. The number of carboxylic acid groups (broad SMARTS) is 1. The molecule has 0 aromatic heterocycles. The molecular weight excluding hydrogens is 355 g/mol. The van der Waals surface area contributed by atoms with Crippen molar-refractivity contribution in [2.45, 2.75) is 17.7 Å². The number of sulfonamides is 1. The SMILES string of the molecule is O=C(O)C1(C(=O)Nc2ccc(F)c(S(=O)(=O)N3CCOCC3)c2)CC1. The second-order valence-electron chi connectivity index (χ2n) is 6.00. The van der Waals surface area contributed by atoms with Gasteiger partial charge in [-0.2, -0.15) is 4.31 Å². The lowest BCUT2D eigenvalue weighted by molar-refractivity contribution is -0.147. The molecule has 0 atom stereocenters. The minimum absolute atomic E-state index is 0.0331. The molecule has 1 aromatic rings. The van der Waals surface area contributed by atoms with Crippen molar-refractivity contribution in [2.75, 3.05) is 31.6 Å². The van der Waals surface area contributed by atoms with Crippen LogP contribution in [0.3, 0.4) is 0 Å². The molecule has 2 N–H and O–H groups in total. The highest BCUT2D eigenvalue weighted by molar-refractivity contribution is 7.89. The Morgan fingerprint density at radius 1 is 1.24 bits per heavy atom. The Morgan fingerprint density at radius 2 is 1.88 bits per heavy atom. The fourth-order valence-electron chi connectivity index (χ4n) is 2.62. The standard InChI is InChI=1S/C15H17FN2O6S/c16-11-2-1-10(17-13(19)15(3-4-15)14(20)21)9-12(11)25(22,23)18-5-7-24-8-6-18/h1-2,9H,3-8H2,(H,17,19)(H,20,21). The van der Waals surface area contributed by atoms with Gasteiger partial charge in [-0.05, 0) is 31.0 Å². The van der Waals surface area contributed by atoms with E-state index in [2.05, 4.69) is 5.32 Å². The van der Waals surface area contributed by atoms with Crippen LogP contribution in [0.2, 0.25) is 0 Å². The van der Waals surface area contributed by atoms with Gasteiger partial charge in [-0.3, -0.25) is 9.59 Å². The first-order valence-electron chi connectivity index (χ1n) is 7.70. The van der Waals surface area contributed by atoms with Gasteiger partial charge < -0.3 is 15.2 Å². The Bertz CT molecular complexity index is 815. The number of nitrogens with zero attached hydrogens (tertiary/aromatic N) is 1. The van der Waals surface area contributed by atoms with Gasteiger partial charge in [0, 0.05) is 18.8 Å². The predicted molar refractivity (Wildman–Crippen MR) is 83.9 cm³/mol. The molecule has 1 saturated carbocycles. The number of morpholine rings is 1. The van der Waals surface area contributed by atoms with E-state index < -0.39 is 38.0 Å². The number of aliphatic carboxylic acids is 1. The van der Waals surface area contributed by atoms with Crippen molar-refractivity contribution < 1.29 is 32.2 Å². The molecule has 0 bridgehead atoms. The van der Waals surface area contributed by atoms with E-state index in [-0.39, 0.29) is 44.8 Å². The Labute approximate surface area is 143 Å². The van der Waals surface area contributed by atoms with E-state index in [0.717, 1.165) is 16.4 Å². The number of ether oxygens (including phenoxy) is 1. The van der Waals surface area contributed by atoms with Crippen LogP contribution in [0, 0.1) is 11.2 Å². The topological polar surface area (TPSA) is 113 Å². The first-order valence-corrected chi connectivity index (χ1v) is 9.14. The lowest BCUT2D eigenvalue weighted by atomic mass is 10.1. The van der Waals surface area contributed by atoms with Crippen molar-refractivity contribution in [3.8, 4) is 0 Å². The van der Waals surface area contributed by atoms with E-state index in [9.17, 15) is 22.4 Å². The number of anilines is 1. The first kappa shape index (κ1) is 17.8. The number of hydrogen-bond acceptors (Lipinski definition) is 5. The predicted octanol–water partition coefficient (Wildman–Crippen LogP) is 0.650. The fraction of sp³-hybridized carbons (Fsp3) is 0.467. The molecule has 1 amide bonds. The van der Waals surface area contributed by atoms with Gasteiger partial charge in [0.1, 0.15) is 16.1 Å². The summed E-state index contributed by atoms with van der Waals surface area (Å²) in [5.74, 6) is -2.90. The molecule has 0 spiro atoms. The highest BCUT2D eigenvalue weighted by atomic mass is 32.2. The quantitative estimate of drug-likeness (QED) is 0.734. The Balaban J connectivity index is 1.86. The van der Waals surface area contributed by atoms with Crippen molar-refractivity contribution in [3.05, 3.63) is 24.0 Å². The Morgan fingerprint density at radius 3 is 2.44 bits per heavy atom. The molecule has 10 heteroatoms. The third kappa shape index (κ3) is 3.24. The summed E-state index contributed by atoms with van der Waals surface area (Å²) in [5, 5.41) is 11.5. The fourth-order valence-corrected chi connectivity index (χ4v) is 4.12. The van der Waals surface area contributed by atoms with Crippen molar-refractivity contribution in [1.29, 1.82) is 0 Å². The van der Waals surface area contributed by atoms with Gasteiger partial charge in [-0.1, -0.05) is 0 Å². The van der Waals surface area contributed by atoms with Crippen LogP contribution in [0.15, 0.2) is 23.1 Å². The van der Waals surface area contributed by atoms with Crippen LogP contribution in [-0.4, -0.2) is 56.0 Å². The minimum atomic E-state index is -4.08. The molecule has 0 unspecified atom stereocenters. The van der Waals surface area contributed by atoms with E-state index >= 15 is 0 Å². The average Bonchev–Trinajstić information content (AvgIpc) is 3.39. The molecule has 8 nitrogen and oxygen atoms in total. The van der Waals surface area contributed by atoms with Gasteiger partial charge in [0.15, 0.2) is 0 Å². The number of amides is 1. The third-order valence-electron chi connectivity index (χ3n) is 4.37. The lowest BCUT2D eigenvalue weighted by Gasteiger charge is -2.26. The first-order chi connectivity index (χ1) is 11.8. The summed E-state index contributed by atoms with van der Waals surface area (Å²) in [6.07, 6.45) is 0.433. The number of carboxylic acids is 1. The van der Waals surface area contributed by atoms with Crippen molar-refractivity contribution in [1.82, 2.24) is 4.31 Å². The lowest BCUT2D eigenvalue weighted by Crippen LogP contribution is -2.41. The average molecular weight is 372 g/mol. The van der Waals surface area contributed by atoms with Crippen molar-refractivity contribution in [2.24, 2.45) is 5.41 Å². The number of hydrogen-bond donors (Lipinski definition) is 2. The highest BCUT2D eigenvalue weighted by Crippen LogP contribution is 2.46. The monoisotopic (exact) mass is 372 g/mol. The van der Waals surface area contributed by atoms with Crippen molar-refractivity contribution >= 4 is 27.6 Å². The highest BCUT2D eigenvalue weighted by Gasteiger charge is 2.57. The maximum absolute atomic E-state index is 14.1. The molecule has 2 fully saturated rings. The number of benzene rings is 1. The summed E-state index contributed by atoms with van der Waals surface area (Å²) in [6.45, 7) is 0.664. The van der Waals surface area contributed by atoms with Crippen LogP contribution < -0.4 is 5.32 Å². The second kappa shape index (κ2) is 6.36. The van der Waals surface area contributed by atoms with Gasteiger partial charge in [0.2, 0.25) is 15.9 Å². The van der Waals surface area contributed by atoms with E-state index in [1.54, 1.807) is 0 Å². The van der Waals surface area contributed by atoms with Crippen molar-refractivity contribution in [3.63, 3.8) is 0 Å². The van der Waals surface area contributed by atoms with E-state index in [4.69, 9.17) is 9.84 Å². The molecule has 25 heavy (non-hydrogen) atoms. The molecule has 3 rings (SSSR count). The van der Waals surface area contributed by atoms with Gasteiger partial charge in [-0.15, -0.1) is 0 Å². The number of nitrogens with one attached hydrogen (secondary N) is 1. The normalized spacial score (nSPS) is 20.0. The molecule has 1 aliphatic carbocycles. The van der Waals surface area contributed by atoms with Crippen LogP contribution in [0.4, 0.5) is 10.1 Å². The molecule has 1 heterocycles. The van der Waals surface area contributed by atoms with Crippen LogP contribution in [0.25, 0.3) is 0 Å². The molecule has 136 valence electrons. The van der Waals surface area contributed by atoms with Crippen LogP contribution in [0.5, 0.6) is 0 Å². The van der Waals surface area contributed by atoms with Crippen LogP contribution in [0.1, 0.15) is 12.8 Å². The minimum Gasteiger partial charge on any atom is -0.480 e. The summed E-state index contributed by atoms with van der Waals surface area (Å²) >= 11 is 0. The van der Waals surface area contributed by atoms with Gasteiger partial charge >= 0.3 is 5.97 Å². The van der Waals surface area contributed by atoms with Gasteiger partial charge in [0.05, 0.1) is 13.2 Å². The zero-order valence-corrected chi connectivity index (χ0v) is 14.0. The number of carbonyl (C=O) groups is 2. The van der Waals surface area contributed by atoms with Gasteiger partial charge in [0.25, 0.3) is 0 Å². The maximum Gasteiger partial charge on any atom is 0.319 e. The second-order valence-corrected chi connectivity index (χ2v) is 7.91. The summed E-state index contributed by atoms with van der Waals surface area (Å²) < 4.78 is 45.5. The van der Waals surface area contributed by atoms with E-state index in [1.165, 1.54) is 6.07 Å². The molecule has 1 aromatic carbocycles. The largest absolute Gasteiger partial charge is 0.480 e. The molecule has 1 saturated heterocycles. The smallest absolute Gasteiger partial charge is 0.319 e. The van der Waals surface area contributed by atoms with E-state index in [1.807, 2.05) is 0 Å². The zero-order chi connectivity index (χ0) is 18.2. The number of rotatable bonds is 5. The summed E-state index contributed by atoms with van der Waals surface area (Å²) in [5.41, 5.74) is -1.44. The number of carbonyl (C=O) groups excluding carboxylic acids is 1. The number of halogens is 1. The Hall–Kier alpha value is -2.04. The summed E-state index contributed by atoms with van der Waals surface area (Å²) in [7, 11) is -4.08. The van der Waals surface area contributed by atoms with Gasteiger partial charge in [-0.25, -0.2) is 12.8 Å². The Kier molecular flexibility index (Phi) is 4.52. The molecular formula is C15H17FN2O6S. The molecule has 2 aliphatic rings. The summed E-state index contributed by atoms with van der Waals surface area (Å²) in [6, 6.07) is 3.14. The zero-order valence-electron chi connectivity index (χ0n) is 13.2. The maximum atomic E-state index is 14.1. The van der Waals surface area contributed by atoms with E-state index in [0.29, 0.717) is 0 Å². The van der Waals surface area contributed by atoms with Crippen LogP contribution in [-0.2, 0) is 24.3 Å². The molecule has 1 aliphatic heterocycles. The van der Waals surface area contributed by atoms with Crippen LogP contribution >= 0.6 is 0 Å². The molecule has 0 radical (unpaired) electrons. The summed E-state index contributed by atoms with van der Waals surface area (Å²) in [4.78, 5) is 22.7.